The number of ether oxygens (including phenoxy) is 1. The summed E-state index contributed by atoms with van der Waals surface area (Å²) in [4.78, 5) is 14.5. The minimum absolute atomic E-state index is 0.0471. The van der Waals surface area contributed by atoms with Gasteiger partial charge in [-0.25, -0.2) is 4.98 Å². The van der Waals surface area contributed by atoms with Crippen LogP contribution in [0.5, 0.6) is 11.5 Å². The Morgan fingerprint density at radius 3 is 2.67 bits per heavy atom. The van der Waals surface area contributed by atoms with Crippen molar-refractivity contribution in [2.24, 2.45) is 0 Å². The maximum Gasteiger partial charge on any atom is 0.315 e. The molecule has 27 heavy (non-hydrogen) atoms. The number of nitro groups is 1. The Morgan fingerprint density at radius 2 is 2.04 bits per heavy atom. The number of hydrogen-bond donors (Lipinski definition) is 1. The van der Waals surface area contributed by atoms with Crippen LogP contribution in [0.1, 0.15) is 11.5 Å². The van der Waals surface area contributed by atoms with Crippen molar-refractivity contribution in [1.82, 2.24) is 4.98 Å². The Kier molecular flexibility index (Phi) is 5.34. The molecule has 0 atom stereocenters. The number of rotatable bonds is 5. The number of phenolic OH excluding ortho intramolecular Hbond substituents is 1. The van der Waals surface area contributed by atoms with Crippen molar-refractivity contribution in [2.45, 2.75) is 0 Å². The second-order valence-electron chi connectivity index (χ2n) is 5.38. The number of oxazole rings is 1. The molecule has 3 rings (SSSR count). The van der Waals surface area contributed by atoms with Crippen LogP contribution in [-0.4, -0.2) is 22.1 Å². The summed E-state index contributed by atoms with van der Waals surface area (Å²) in [6, 6.07) is 9.57. The summed E-state index contributed by atoms with van der Waals surface area (Å²) in [6.07, 6.45) is 2.93. The van der Waals surface area contributed by atoms with E-state index in [1.165, 1.54) is 31.5 Å². The molecule has 0 unspecified atom stereocenters. The van der Waals surface area contributed by atoms with Crippen LogP contribution in [0, 0.1) is 10.1 Å². The average Bonchev–Trinajstić information content (AvgIpc) is 3.13. The van der Waals surface area contributed by atoms with Gasteiger partial charge in [-0.05, 0) is 42.0 Å². The molecule has 3 aromatic rings. The first-order valence-corrected chi connectivity index (χ1v) is 8.29. The van der Waals surface area contributed by atoms with Gasteiger partial charge < -0.3 is 14.3 Å². The van der Waals surface area contributed by atoms with Gasteiger partial charge in [0.2, 0.25) is 11.6 Å². The second kappa shape index (κ2) is 7.69. The summed E-state index contributed by atoms with van der Waals surface area (Å²) in [7, 11) is 1.29. The second-order valence-corrected chi connectivity index (χ2v) is 6.22. The van der Waals surface area contributed by atoms with E-state index in [0.29, 0.717) is 16.3 Å². The zero-order chi connectivity index (χ0) is 19.6. The SMILES string of the molecule is COc1cc(/C=C(\Cl)c2ncc(-c3ccc(Cl)cc3)o2)cc([N+](=O)[O-])c1O. The van der Waals surface area contributed by atoms with Crippen LogP contribution in [0.15, 0.2) is 47.0 Å². The standard InChI is InChI=1S/C18H12Cl2N2O5/c1-26-15-8-10(7-14(17(15)23)22(24)25)6-13(20)18-21-9-16(27-18)11-2-4-12(19)5-3-11/h2-9,23H,1H3/b13-6-. The number of hydrogen-bond acceptors (Lipinski definition) is 6. The molecule has 0 saturated carbocycles. The summed E-state index contributed by atoms with van der Waals surface area (Å²) in [6.45, 7) is 0. The number of aromatic hydroxyl groups is 1. The van der Waals surface area contributed by atoms with Crippen molar-refractivity contribution in [3.05, 3.63) is 69.2 Å². The first-order valence-electron chi connectivity index (χ1n) is 7.53. The van der Waals surface area contributed by atoms with Crippen LogP contribution < -0.4 is 4.74 Å². The molecule has 0 saturated heterocycles. The van der Waals surface area contributed by atoms with Crippen LogP contribution in [0.3, 0.4) is 0 Å². The van der Waals surface area contributed by atoms with E-state index in [2.05, 4.69) is 4.98 Å². The van der Waals surface area contributed by atoms with E-state index in [4.69, 9.17) is 32.4 Å². The Morgan fingerprint density at radius 1 is 1.33 bits per heavy atom. The number of nitro benzene ring substituents is 1. The highest BCUT2D eigenvalue weighted by Crippen LogP contribution is 2.38. The molecular weight excluding hydrogens is 395 g/mol. The van der Waals surface area contributed by atoms with Crippen molar-refractivity contribution in [3.63, 3.8) is 0 Å². The summed E-state index contributed by atoms with van der Waals surface area (Å²) in [5, 5.41) is 21.6. The van der Waals surface area contributed by atoms with E-state index < -0.39 is 16.4 Å². The third-order valence-electron chi connectivity index (χ3n) is 3.63. The smallest absolute Gasteiger partial charge is 0.315 e. The molecule has 7 nitrogen and oxygen atoms in total. The van der Waals surface area contributed by atoms with Crippen LogP contribution in [-0.2, 0) is 0 Å². The maximum absolute atomic E-state index is 11.1. The summed E-state index contributed by atoms with van der Waals surface area (Å²) in [5.74, 6) is 0.0184. The molecule has 1 N–H and O–H groups in total. The van der Waals surface area contributed by atoms with Gasteiger partial charge in [-0.15, -0.1) is 0 Å². The van der Waals surface area contributed by atoms with Crippen molar-refractivity contribution in [3.8, 4) is 22.8 Å². The van der Waals surface area contributed by atoms with Gasteiger partial charge in [0.25, 0.3) is 0 Å². The third-order valence-corrected chi connectivity index (χ3v) is 4.15. The molecule has 138 valence electrons. The number of methoxy groups -OCH3 is 1. The molecule has 2 aromatic carbocycles. The zero-order valence-corrected chi connectivity index (χ0v) is 15.4. The van der Waals surface area contributed by atoms with E-state index in [1.807, 2.05) is 0 Å². The lowest BCUT2D eigenvalue weighted by molar-refractivity contribution is -0.386. The third kappa shape index (κ3) is 4.05. The molecule has 1 aromatic heterocycles. The van der Waals surface area contributed by atoms with Gasteiger partial charge in [-0.1, -0.05) is 23.2 Å². The van der Waals surface area contributed by atoms with E-state index in [1.54, 1.807) is 24.3 Å². The lowest BCUT2D eigenvalue weighted by atomic mass is 10.1. The molecule has 0 aliphatic carbocycles. The molecule has 9 heteroatoms. The van der Waals surface area contributed by atoms with Crippen molar-refractivity contribution in [1.29, 1.82) is 0 Å². The molecule has 0 spiro atoms. The Bertz CT molecular complexity index is 1030. The van der Waals surface area contributed by atoms with E-state index in [-0.39, 0.29) is 16.7 Å². The summed E-state index contributed by atoms with van der Waals surface area (Å²) >= 11 is 12.1. The number of benzene rings is 2. The topological polar surface area (TPSA) is 98.6 Å². The monoisotopic (exact) mass is 406 g/mol. The fourth-order valence-electron chi connectivity index (χ4n) is 2.33. The van der Waals surface area contributed by atoms with Gasteiger partial charge in [0, 0.05) is 16.7 Å². The van der Waals surface area contributed by atoms with Gasteiger partial charge in [-0.3, -0.25) is 10.1 Å². The van der Waals surface area contributed by atoms with Crippen molar-refractivity contribution in [2.75, 3.05) is 7.11 Å². The minimum Gasteiger partial charge on any atom is -0.500 e. The highest BCUT2D eigenvalue weighted by molar-refractivity contribution is 6.50. The quantitative estimate of drug-likeness (QED) is 0.452. The molecule has 0 amide bonds. The van der Waals surface area contributed by atoms with E-state index in [9.17, 15) is 15.2 Å². The first-order chi connectivity index (χ1) is 12.9. The lowest BCUT2D eigenvalue weighted by Gasteiger charge is -2.05. The fourth-order valence-corrected chi connectivity index (χ4v) is 2.67. The largest absolute Gasteiger partial charge is 0.500 e. The molecule has 0 aliphatic rings. The highest BCUT2D eigenvalue weighted by Gasteiger charge is 2.20. The van der Waals surface area contributed by atoms with E-state index in [0.717, 1.165) is 5.56 Å². The Hall–Kier alpha value is -3.03. The Labute approximate surface area is 163 Å². The predicted molar refractivity (Wildman–Crippen MR) is 102 cm³/mol. The van der Waals surface area contributed by atoms with E-state index >= 15 is 0 Å². The summed E-state index contributed by atoms with van der Waals surface area (Å²) in [5.41, 5.74) is 0.608. The van der Waals surface area contributed by atoms with Crippen LogP contribution in [0.2, 0.25) is 5.02 Å². The molecule has 0 radical (unpaired) electrons. The van der Waals surface area contributed by atoms with Gasteiger partial charge >= 0.3 is 5.69 Å². The average molecular weight is 407 g/mol. The van der Waals surface area contributed by atoms with Gasteiger partial charge in [0.05, 0.1) is 18.2 Å². The number of halogens is 2. The van der Waals surface area contributed by atoms with Crippen molar-refractivity contribution < 1.29 is 19.2 Å². The lowest BCUT2D eigenvalue weighted by Crippen LogP contribution is -1.93. The predicted octanol–water partition coefficient (Wildman–Crippen LogP) is 5.35. The summed E-state index contributed by atoms with van der Waals surface area (Å²) < 4.78 is 10.6. The molecular formula is C18H12Cl2N2O5. The minimum atomic E-state index is -0.715. The molecule has 0 aliphatic heterocycles. The van der Waals surface area contributed by atoms with Crippen molar-refractivity contribution >= 4 is 40.0 Å². The van der Waals surface area contributed by atoms with Gasteiger partial charge in [0.1, 0.15) is 5.03 Å². The maximum atomic E-state index is 11.1. The van der Waals surface area contributed by atoms with Gasteiger partial charge in [-0.2, -0.15) is 0 Å². The molecule has 0 fully saturated rings. The zero-order valence-electron chi connectivity index (χ0n) is 13.8. The van der Waals surface area contributed by atoms with Crippen LogP contribution in [0.25, 0.3) is 22.4 Å². The number of aromatic nitrogens is 1. The van der Waals surface area contributed by atoms with Crippen LogP contribution >= 0.6 is 23.2 Å². The number of nitrogens with zero attached hydrogens (tertiary/aromatic N) is 2. The fraction of sp³-hybridized carbons (Fsp3) is 0.0556. The van der Waals surface area contributed by atoms with Crippen LogP contribution in [0.4, 0.5) is 5.69 Å². The molecule has 1 heterocycles. The first kappa shape index (κ1) is 18.8. The normalized spacial score (nSPS) is 11.4. The van der Waals surface area contributed by atoms with Gasteiger partial charge in [0.15, 0.2) is 11.5 Å². The highest BCUT2D eigenvalue weighted by atomic mass is 35.5. The molecule has 0 bridgehead atoms. The number of phenols is 1. The Balaban J connectivity index is 1.95.